The molecule has 2 N–H and O–H groups in total. The van der Waals surface area contributed by atoms with Crippen LogP contribution < -0.4 is 5.32 Å². The highest BCUT2D eigenvalue weighted by Crippen LogP contribution is 2.17. The van der Waals surface area contributed by atoms with E-state index < -0.39 is 0 Å². The molecule has 1 aromatic heterocycles. The summed E-state index contributed by atoms with van der Waals surface area (Å²) in [5.41, 5.74) is 3.24. The number of benzene rings is 1. The number of hydrogen-bond donors (Lipinski definition) is 2. The summed E-state index contributed by atoms with van der Waals surface area (Å²) in [7, 11) is 0. The predicted octanol–water partition coefficient (Wildman–Crippen LogP) is 2.79. The maximum atomic E-state index is 8.86. The first-order valence-electron chi connectivity index (χ1n) is 6.17. The summed E-state index contributed by atoms with van der Waals surface area (Å²) >= 11 is 0. The number of pyridine rings is 1. The molecule has 0 radical (unpaired) electrons. The van der Waals surface area contributed by atoms with Gasteiger partial charge in [-0.1, -0.05) is 18.2 Å². The Labute approximate surface area is 108 Å². The summed E-state index contributed by atoms with van der Waals surface area (Å²) in [6, 6.07) is 14.2. The van der Waals surface area contributed by atoms with Gasteiger partial charge in [0.1, 0.15) is 0 Å². The van der Waals surface area contributed by atoms with Crippen molar-refractivity contribution in [2.24, 2.45) is 0 Å². The Morgan fingerprint density at radius 3 is 2.56 bits per heavy atom. The molecule has 1 atom stereocenters. The molecular formula is C15H18N2O. The van der Waals surface area contributed by atoms with Crippen molar-refractivity contribution in [3.63, 3.8) is 0 Å². The molecule has 0 amide bonds. The summed E-state index contributed by atoms with van der Waals surface area (Å²) in [5.74, 6) is 0. The number of nitrogens with zero attached hydrogens (tertiary/aromatic N) is 1. The van der Waals surface area contributed by atoms with Gasteiger partial charge in [-0.15, -0.1) is 0 Å². The van der Waals surface area contributed by atoms with Gasteiger partial charge in [-0.3, -0.25) is 4.98 Å². The van der Waals surface area contributed by atoms with Gasteiger partial charge in [0.15, 0.2) is 0 Å². The molecule has 3 nitrogen and oxygen atoms in total. The molecule has 0 saturated heterocycles. The highest BCUT2D eigenvalue weighted by Gasteiger charge is 2.05. The van der Waals surface area contributed by atoms with Crippen LogP contribution in [-0.2, 0) is 6.42 Å². The average Bonchev–Trinajstić information content (AvgIpc) is 2.42. The van der Waals surface area contributed by atoms with Gasteiger partial charge in [0, 0.05) is 18.5 Å². The van der Waals surface area contributed by atoms with Gasteiger partial charge < -0.3 is 10.4 Å². The second-order valence-electron chi connectivity index (χ2n) is 4.29. The third-order valence-corrected chi connectivity index (χ3v) is 2.87. The molecule has 0 aliphatic rings. The topological polar surface area (TPSA) is 45.1 Å². The molecule has 3 heteroatoms. The van der Waals surface area contributed by atoms with Crippen molar-refractivity contribution in [3.8, 4) is 0 Å². The Kier molecular flexibility index (Phi) is 4.31. The van der Waals surface area contributed by atoms with E-state index >= 15 is 0 Å². The zero-order valence-electron chi connectivity index (χ0n) is 10.5. The molecule has 0 aliphatic carbocycles. The van der Waals surface area contributed by atoms with Crippen molar-refractivity contribution in [1.29, 1.82) is 0 Å². The smallest absolute Gasteiger partial charge is 0.0657 e. The predicted molar refractivity (Wildman–Crippen MR) is 73.5 cm³/mol. The minimum atomic E-state index is 0.176. The molecule has 0 aliphatic heterocycles. The number of hydrogen-bond acceptors (Lipinski definition) is 3. The van der Waals surface area contributed by atoms with Gasteiger partial charge in [-0.05, 0) is 43.2 Å². The van der Waals surface area contributed by atoms with Crippen molar-refractivity contribution in [2.45, 2.75) is 19.4 Å². The Bertz CT molecular complexity index is 468. The number of aliphatic hydroxyl groups excluding tert-OH is 1. The third kappa shape index (κ3) is 3.31. The minimum Gasteiger partial charge on any atom is -0.396 e. The van der Waals surface area contributed by atoms with Crippen molar-refractivity contribution in [1.82, 2.24) is 4.98 Å². The molecule has 94 valence electrons. The van der Waals surface area contributed by atoms with Crippen LogP contribution in [0.2, 0.25) is 0 Å². The lowest BCUT2D eigenvalue weighted by molar-refractivity contribution is 0.299. The fourth-order valence-electron chi connectivity index (χ4n) is 1.85. The first-order chi connectivity index (χ1) is 8.79. The lowest BCUT2D eigenvalue weighted by Crippen LogP contribution is -2.08. The van der Waals surface area contributed by atoms with Crippen molar-refractivity contribution in [3.05, 3.63) is 59.9 Å². The summed E-state index contributed by atoms with van der Waals surface area (Å²) in [5, 5.41) is 12.3. The van der Waals surface area contributed by atoms with Crippen LogP contribution in [0.5, 0.6) is 0 Å². The maximum absolute atomic E-state index is 8.86. The Morgan fingerprint density at radius 1 is 1.17 bits per heavy atom. The number of rotatable bonds is 5. The van der Waals surface area contributed by atoms with E-state index in [1.807, 2.05) is 42.5 Å². The number of anilines is 1. The fourth-order valence-corrected chi connectivity index (χ4v) is 1.85. The zero-order chi connectivity index (χ0) is 12.8. The Hall–Kier alpha value is -1.87. The van der Waals surface area contributed by atoms with Crippen LogP contribution in [0.1, 0.15) is 24.2 Å². The second kappa shape index (κ2) is 6.17. The van der Waals surface area contributed by atoms with Gasteiger partial charge >= 0.3 is 0 Å². The lowest BCUT2D eigenvalue weighted by atomic mass is 10.1. The summed E-state index contributed by atoms with van der Waals surface area (Å²) in [6.45, 7) is 2.28. The van der Waals surface area contributed by atoms with Crippen molar-refractivity contribution in [2.75, 3.05) is 11.9 Å². The van der Waals surface area contributed by atoms with Gasteiger partial charge in [0.25, 0.3) is 0 Å². The number of aliphatic hydroxyl groups is 1. The van der Waals surface area contributed by atoms with Crippen LogP contribution in [0.25, 0.3) is 0 Å². The highest BCUT2D eigenvalue weighted by atomic mass is 16.2. The molecule has 2 rings (SSSR count). The Morgan fingerprint density at radius 2 is 1.94 bits per heavy atom. The zero-order valence-corrected chi connectivity index (χ0v) is 10.5. The van der Waals surface area contributed by atoms with Crippen molar-refractivity contribution < 1.29 is 5.11 Å². The number of aromatic nitrogens is 1. The monoisotopic (exact) mass is 242 g/mol. The molecule has 0 spiro atoms. The standard InChI is InChI=1S/C15H18N2O/c1-12(15-4-2-3-10-16-15)17-14-7-5-13(6-8-14)9-11-18/h2-8,10,12,17-18H,9,11H2,1H3. The van der Waals surface area contributed by atoms with E-state index in [1.165, 1.54) is 0 Å². The van der Waals surface area contributed by atoms with E-state index in [9.17, 15) is 0 Å². The molecule has 0 bridgehead atoms. The van der Waals surface area contributed by atoms with E-state index in [4.69, 9.17) is 5.11 Å². The van der Waals surface area contributed by atoms with Crippen LogP contribution in [-0.4, -0.2) is 16.7 Å². The average molecular weight is 242 g/mol. The van der Waals surface area contributed by atoms with E-state index in [1.54, 1.807) is 6.20 Å². The molecule has 0 fully saturated rings. The van der Waals surface area contributed by atoms with Crippen molar-refractivity contribution >= 4 is 5.69 Å². The van der Waals surface area contributed by atoms with Crippen LogP contribution >= 0.6 is 0 Å². The van der Waals surface area contributed by atoms with Gasteiger partial charge in [-0.25, -0.2) is 0 Å². The summed E-state index contributed by atoms with van der Waals surface area (Å²) < 4.78 is 0. The largest absolute Gasteiger partial charge is 0.396 e. The lowest BCUT2D eigenvalue weighted by Gasteiger charge is -2.14. The van der Waals surface area contributed by atoms with E-state index in [0.29, 0.717) is 6.42 Å². The maximum Gasteiger partial charge on any atom is 0.0657 e. The molecule has 1 aromatic carbocycles. The molecule has 1 heterocycles. The van der Waals surface area contributed by atoms with Gasteiger partial charge in [-0.2, -0.15) is 0 Å². The third-order valence-electron chi connectivity index (χ3n) is 2.87. The van der Waals surface area contributed by atoms with Crippen LogP contribution in [0.4, 0.5) is 5.69 Å². The molecule has 1 unspecified atom stereocenters. The highest BCUT2D eigenvalue weighted by molar-refractivity contribution is 5.46. The first kappa shape index (κ1) is 12.6. The molecule has 0 saturated carbocycles. The minimum absolute atomic E-state index is 0.176. The van der Waals surface area contributed by atoms with Crippen LogP contribution in [0.3, 0.4) is 0 Å². The molecule has 2 aromatic rings. The van der Waals surface area contributed by atoms with Gasteiger partial charge in [0.05, 0.1) is 11.7 Å². The number of nitrogens with one attached hydrogen (secondary N) is 1. The van der Waals surface area contributed by atoms with Gasteiger partial charge in [0.2, 0.25) is 0 Å². The first-order valence-corrected chi connectivity index (χ1v) is 6.17. The van der Waals surface area contributed by atoms with E-state index in [-0.39, 0.29) is 12.6 Å². The second-order valence-corrected chi connectivity index (χ2v) is 4.29. The van der Waals surface area contributed by atoms with E-state index in [2.05, 4.69) is 17.2 Å². The molecular weight excluding hydrogens is 224 g/mol. The fraction of sp³-hybridized carbons (Fsp3) is 0.267. The summed E-state index contributed by atoms with van der Waals surface area (Å²) in [6.07, 6.45) is 2.51. The van der Waals surface area contributed by atoms with Crippen LogP contribution in [0, 0.1) is 0 Å². The molecule has 18 heavy (non-hydrogen) atoms. The quantitative estimate of drug-likeness (QED) is 0.847. The van der Waals surface area contributed by atoms with Crippen LogP contribution in [0.15, 0.2) is 48.7 Å². The SMILES string of the molecule is CC(Nc1ccc(CCO)cc1)c1ccccn1. The Balaban J connectivity index is 2.01. The van der Waals surface area contributed by atoms with E-state index in [0.717, 1.165) is 16.9 Å². The summed E-state index contributed by atoms with van der Waals surface area (Å²) in [4.78, 5) is 4.33. The normalized spacial score (nSPS) is 12.1.